The minimum absolute atomic E-state index is 0.236. The van der Waals surface area contributed by atoms with E-state index >= 15 is 0 Å². The van der Waals surface area contributed by atoms with Crippen LogP contribution in [0, 0.1) is 0 Å². The average molecular weight is 365 g/mol. The van der Waals surface area contributed by atoms with Gasteiger partial charge in [0.15, 0.2) is 0 Å². The lowest BCUT2D eigenvalue weighted by Gasteiger charge is -2.32. The highest BCUT2D eigenvalue weighted by Crippen LogP contribution is 2.31. The number of carbonyl (C=O) groups is 1. The van der Waals surface area contributed by atoms with E-state index in [1.54, 1.807) is 0 Å². The van der Waals surface area contributed by atoms with E-state index in [-0.39, 0.29) is 6.54 Å². The van der Waals surface area contributed by atoms with Crippen LogP contribution in [0.25, 0.3) is 0 Å². The first-order valence-corrected chi connectivity index (χ1v) is 8.29. The van der Waals surface area contributed by atoms with Crippen molar-refractivity contribution in [1.29, 1.82) is 0 Å². The van der Waals surface area contributed by atoms with Gasteiger partial charge in [-0.1, -0.05) is 60.7 Å². The van der Waals surface area contributed by atoms with Gasteiger partial charge in [0.05, 0.1) is 0 Å². The van der Waals surface area contributed by atoms with E-state index in [9.17, 15) is 18.0 Å². The van der Waals surface area contributed by atoms with Crippen LogP contribution in [0.5, 0.6) is 0 Å². The van der Waals surface area contributed by atoms with Crippen LogP contribution in [-0.2, 0) is 14.9 Å². The molecule has 0 bridgehead atoms. The molecule has 0 aromatic heterocycles. The average Bonchev–Trinajstić information content (AvgIpc) is 2.64. The predicted octanol–water partition coefficient (Wildman–Crippen LogP) is 4.08. The molecule has 26 heavy (non-hydrogen) atoms. The molecule has 0 unspecified atom stereocenters. The van der Waals surface area contributed by atoms with Crippen LogP contribution in [-0.4, -0.2) is 31.3 Å². The third kappa shape index (κ3) is 5.33. The molecule has 0 saturated heterocycles. The maximum absolute atomic E-state index is 12.2. The Hall–Kier alpha value is -2.34. The molecule has 140 valence electrons. The van der Waals surface area contributed by atoms with Gasteiger partial charge in [0.25, 0.3) is 0 Å². The highest BCUT2D eigenvalue weighted by atomic mass is 19.4. The van der Waals surface area contributed by atoms with E-state index in [4.69, 9.17) is 0 Å². The molecule has 0 saturated carbocycles. The number of carbonyl (C=O) groups excluding carboxylic acids is 1. The molecule has 1 atom stereocenters. The van der Waals surface area contributed by atoms with Crippen LogP contribution in [0.15, 0.2) is 60.7 Å². The normalized spacial score (nSPS) is 13.3. The van der Waals surface area contributed by atoms with E-state index in [1.165, 1.54) is 6.92 Å². The summed E-state index contributed by atoms with van der Waals surface area (Å²) < 4.78 is 41.3. The molecular weight excluding hydrogens is 343 g/mol. The smallest absolute Gasteiger partial charge is 0.359 e. The molecule has 2 rings (SSSR count). The molecule has 0 heterocycles. The Morgan fingerprint density at radius 3 is 1.88 bits per heavy atom. The Morgan fingerprint density at radius 1 is 1.00 bits per heavy atom. The highest BCUT2D eigenvalue weighted by Gasteiger charge is 2.32. The van der Waals surface area contributed by atoms with Gasteiger partial charge in [0, 0.05) is 12.0 Å². The first kappa shape index (κ1) is 20.0. The minimum Gasteiger partial charge on any atom is -0.359 e. The molecular formula is C20H22F3NO2. The number of hydrogen-bond donors (Lipinski definition) is 1. The van der Waals surface area contributed by atoms with Gasteiger partial charge in [0.2, 0.25) is 5.91 Å². The molecule has 0 fully saturated rings. The highest BCUT2D eigenvalue weighted by molar-refractivity contribution is 5.80. The van der Waals surface area contributed by atoms with Crippen molar-refractivity contribution in [3.05, 3.63) is 71.8 Å². The van der Waals surface area contributed by atoms with E-state index in [2.05, 4.69) is 10.1 Å². The van der Waals surface area contributed by atoms with Crippen molar-refractivity contribution in [2.75, 3.05) is 13.2 Å². The number of halogens is 3. The molecule has 1 N–H and O–H groups in total. The molecule has 3 nitrogen and oxygen atoms in total. The van der Waals surface area contributed by atoms with E-state index in [1.807, 2.05) is 67.6 Å². The molecule has 2 aromatic carbocycles. The quantitative estimate of drug-likeness (QED) is 0.803. The molecule has 0 aliphatic carbocycles. The van der Waals surface area contributed by atoms with Gasteiger partial charge in [-0.15, -0.1) is 0 Å². The molecule has 2 aromatic rings. The van der Waals surface area contributed by atoms with Gasteiger partial charge < -0.3 is 10.1 Å². The fourth-order valence-corrected chi connectivity index (χ4v) is 2.69. The lowest BCUT2D eigenvalue weighted by atomic mass is 9.76. The Kier molecular flexibility index (Phi) is 6.42. The zero-order chi connectivity index (χ0) is 19.2. The number of ether oxygens (including phenoxy) is 1. The second-order valence-electron chi connectivity index (χ2n) is 6.35. The van der Waals surface area contributed by atoms with E-state index < -0.39 is 30.2 Å². The summed E-state index contributed by atoms with van der Waals surface area (Å²) in [6, 6.07) is 19.3. The van der Waals surface area contributed by atoms with Gasteiger partial charge in [-0.2, -0.15) is 13.2 Å². The molecule has 0 radical (unpaired) electrons. The second kappa shape index (κ2) is 8.36. The van der Waals surface area contributed by atoms with Crippen LogP contribution < -0.4 is 5.32 Å². The largest absolute Gasteiger partial charge is 0.411 e. The molecule has 6 heteroatoms. The van der Waals surface area contributed by atoms with E-state index in [0.29, 0.717) is 0 Å². The number of amides is 1. The summed E-state index contributed by atoms with van der Waals surface area (Å²) in [4.78, 5) is 12.2. The van der Waals surface area contributed by atoms with Crippen LogP contribution in [0.1, 0.15) is 25.0 Å². The first-order valence-electron chi connectivity index (χ1n) is 8.29. The lowest BCUT2D eigenvalue weighted by Crippen LogP contribution is -2.44. The van der Waals surface area contributed by atoms with Crippen molar-refractivity contribution >= 4 is 5.91 Å². The fourth-order valence-electron chi connectivity index (χ4n) is 2.69. The lowest BCUT2D eigenvalue weighted by molar-refractivity contribution is -0.185. The number of hydrogen-bond acceptors (Lipinski definition) is 2. The molecule has 1 amide bonds. The SMILES string of the molecule is C[C@@H](OCC(F)(F)F)C(=O)NCC(C)(c1ccccc1)c1ccccc1. The van der Waals surface area contributed by atoms with Crippen molar-refractivity contribution in [2.24, 2.45) is 0 Å². The molecule has 0 aliphatic heterocycles. The van der Waals surface area contributed by atoms with Crippen molar-refractivity contribution in [1.82, 2.24) is 5.32 Å². The summed E-state index contributed by atoms with van der Waals surface area (Å²) in [5, 5.41) is 2.72. The molecule has 0 spiro atoms. The second-order valence-corrected chi connectivity index (χ2v) is 6.35. The van der Waals surface area contributed by atoms with Gasteiger partial charge in [-0.3, -0.25) is 4.79 Å². The summed E-state index contributed by atoms with van der Waals surface area (Å²) in [5.41, 5.74) is 1.47. The summed E-state index contributed by atoms with van der Waals surface area (Å²) in [7, 11) is 0. The summed E-state index contributed by atoms with van der Waals surface area (Å²) in [6.07, 6.45) is -5.65. The first-order chi connectivity index (χ1) is 12.2. The number of alkyl halides is 3. The van der Waals surface area contributed by atoms with Crippen LogP contribution in [0.4, 0.5) is 13.2 Å². The van der Waals surface area contributed by atoms with Crippen molar-refractivity contribution in [3.63, 3.8) is 0 Å². The third-order valence-corrected chi connectivity index (χ3v) is 4.30. The predicted molar refractivity (Wildman–Crippen MR) is 93.8 cm³/mol. The third-order valence-electron chi connectivity index (χ3n) is 4.30. The van der Waals surface area contributed by atoms with Gasteiger partial charge in [-0.25, -0.2) is 0 Å². The van der Waals surface area contributed by atoms with Crippen LogP contribution in [0.2, 0.25) is 0 Å². The van der Waals surface area contributed by atoms with Crippen LogP contribution in [0.3, 0.4) is 0 Å². The van der Waals surface area contributed by atoms with E-state index in [0.717, 1.165) is 11.1 Å². The standard InChI is InChI=1S/C20H22F3NO2/c1-15(26-14-20(21,22)23)18(25)24-13-19(2,16-9-5-3-6-10-16)17-11-7-4-8-12-17/h3-12,15H,13-14H2,1-2H3,(H,24,25)/t15-/m1/s1. The number of benzene rings is 2. The Balaban J connectivity index is 2.12. The number of nitrogens with one attached hydrogen (secondary N) is 1. The fraction of sp³-hybridized carbons (Fsp3) is 0.350. The van der Waals surface area contributed by atoms with Gasteiger partial charge in [0.1, 0.15) is 12.7 Å². The van der Waals surface area contributed by atoms with Crippen molar-refractivity contribution in [2.45, 2.75) is 31.5 Å². The Morgan fingerprint density at radius 2 is 1.46 bits per heavy atom. The number of rotatable bonds is 7. The Bertz CT molecular complexity index is 663. The maximum Gasteiger partial charge on any atom is 0.411 e. The molecule has 0 aliphatic rings. The topological polar surface area (TPSA) is 38.3 Å². The zero-order valence-corrected chi connectivity index (χ0v) is 14.7. The zero-order valence-electron chi connectivity index (χ0n) is 14.7. The summed E-state index contributed by atoms with van der Waals surface area (Å²) in [5.74, 6) is -0.577. The van der Waals surface area contributed by atoms with Crippen molar-refractivity contribution in [3.8, 4) is 0 Å². The Labute approximate surface area is 151 Å². The minimum atomic E-state index is -4.46. The summed E-state index contributed by atoms with van der Waals surface area (Å²) >= 11 is 0. The van der Waals surface area contributed by atoms with Gasteiger partial charge in [-0.05, 0) is 25.0 Å². The van der Waals surface area contributed by atoms with Gasteiger partial charge >= 0.3 is 6.18 Å². The van der Waals surface area contributed by atoms with Crippen molar-refractivity contribution < 1.29 is 22.7 Å². The van der Waals surface area contributed by atoms with Crippen LogP contribution >= 0.6 is 0 Å². The maximum atomic E-state index is 12.2. The summed E-state index contributed by atoms with van der Waals surface area (Å²) in [6.45, 7) is 2.08. The monoisotopic (exact) mass is 365 g/mol.